The van der Waals surface area contributed by atoms with Crippen molar-refractivity contribution in [3.05, 3.63) is 30.1 Å². The van der Waals surface area contributed by atoms with Crippen LogP contribution in [-0.4, -0.2) is 71.9 Å². The molecule has 2 atom stereocenters. The molecule has 9 nitrogen and oxygen atoms in total. The van der Waals surface area contributed by atoms with Crippen LogP contribution in [0.1, 0.15) is 37.8 Å². The molecule has 1 aliphatic carbocycles. The number of hydrogen-bond donors (Lipinski definition) is 2. The second-order valence-electron chi connectivity index (χ2n) is 8.14. The summed E-state index contributed by atoms with van der Waals surface area (Å²) in [5, 5.41) is 7.02. The Morgan fingerprint density at radius 3 is 3.00 bits per heavy atom. The molecule has 3 heterocycles. The van der Waals surface area contributed by atoms with E-state index in [0.717, 1.165) is 42.4 Å². The number of carbonyl (C=O) groups is 2. The summed E-state index contributed by atoms with van der Waals surface area (Å²) < 4.78 is 12.5. The number of pyridine rings is 1. The third kappa shape index (κ3) is 4.83. The molecular weight excluding hydrogens is 398 g/mol. The Hall–Kier alpha value is -2.65. The van der Waals surface area contributed by atoms with Crippen molar-refractivity contribution in [3.8, 4) is 0 Å². The van der Waals surface area contributed by atoms with Gasteiger partial charge in [0.15, 0.2) is 0 Å². The van der Waals surface area contributed by atoms with Crippen LogP contribution in [0.25, 0.3) is 11.0 Å². The molecule has 2 aromatic rings. The van der Waals surface area contributed by atoms with Gasteiger partial charge in [0.25, 0.3) is 5.91 Å². The van der Waals surface area contributed by atoms with E-state index >= 15 is 0 Å². The summed E-state index contributed by atoms with van der Waals surface area (Å²) in [6.45, 7) is 5.22. The summed E-state index contributed by atoms with van der Waals surface area (Å²) in [4.78, 5) is 31.2. The van der Waals surface area contributed by atoms with Crippen LogP contribution in [0.4, 0.5) is 4.79 Å². The molecule has 2 amide bonds. The first kappa shape index (κ1) is 21.6. The third-order valence-electron chi connectivity index (χ3n) is 5.96. The van der Waals surface area contributed by atoms with E-state index in [4.69, 9.17) is 4.74 Å². The van der Waals surface area contributed by atoms with Crippen LogP contribution < -0.4 is 10.6 Å². The highest BCUT2D eigenvalue weighted by molar-refractivity contribution is 5.85. The van der Waals surface area contributed by atoms with Crippen molar-refractivity contribution in [2.45, 2.75) is 50.9 Å². The number of fused-ring (bicyclic) bond motifs is 1. The molecule has 0 unspecified atom stereocenters. The Labute approximate surface area is 182 Å². The third-order valence-corrected chi connectivity index (χ3v) is 5.96. The molecule has 2 N–H and O–H groups in total. The molecule has 9 heteroatoms. The molecule has 1 saturated carbocycles. The van der Waals surface area contributed by atoms with Gasteiger partial charge in [0.1, 0.15) is 11.8 Å². The number of rotatable bonds is 8. The zero-order valence-corrected chi connectivity index (χ0v) is 18.2. The lowest BCUT2D eigenvalue weighted by molar-refractivity contribution is -0.148. The SMILES string of the molecule is COC(=O)NCCCn1cc([C@@H](C)N(C(=O)[C@H]2CNCCO2)C2CC2)c2cccnc21. The number of nitrogens with one attached hydrogen (secondary N) is 2. The van der Waals surface area contributed by atoms with E-state index in [1.807, 2.05) is 11.0 Å². The molecular formula is C22H31N5O4. The van der Waals surface area contributed by atoms with Crippen LogP contribution in [0.15, 0.2) is 24.5 Å². The van der Waals surface area contributed by atoms with Crippen molar-refractivity contribution in [3.63, 3.8) is 0 Å². The minimum Gasteiger partial charge on any atom is -0.453 e. The molecule has 2 fully saturated rings. The first-order valence-electron chi connectivity index (χ1n) is 11.0. The van der Waals surface area contributed by atoms with Crippen molar-refractivity contribution < 1.29 is 19.1 Å². The fourth-order valence-corrected chi connectivity index (χ4v) is 4.25. The van der Waals surface area contributed by atoms with Crippen LogP contribution in [0.2, 0.25) is 0 Å². The summed E-state index contributed by atoms with van der Waals surface area (Å²) in [6, 6.07) is 4.18. The van der Waals surface area contributed by atoms with E-state index in [1.165, 1.54) is 7.11 Å². The van der Waals surface area contributed by atoms with Gasteiger partial charge in [-0.25, -0.2) is 9.78 Å². The highest BCUT2D eigenvalue weighted by Gasteiger charge is 2.40. The summed E-state index contributed by atoms with van der Waals surface area (Å²) >= 11 is 0. The molecule has 1 aliphatic heterocycles. The summed E-state index contributed by atoms with van der Waals surface area (Å²) in [5.41, 5.74) is 1.98. The van der Waals surface area contributed by atoms with Crippen molar-refractivity contribution in [1.82, 2.24) is 25.1 Å². The number of aromatic nitrogens is 2. The van der Waals surface area contributed by atoms with Crippen molar-refractivity contribution in [1.29, 1.82) is 0 Å². The Morgan fingerprint density at radius 1 is 1.45 bits per heavy atom. The number of ether oxygens (including phenoxy) is 2. The van der Waals surface area contributed by atoms with Crippen LogP contribution in [-0.2, 0) is 20.8 Å². The Balaban J connectivity index is 1.54. The zero-order chi connectivity index (χ0) is 21.8. The number of alkyl carbamates (subject to hydrolysis) is 1. The zero-order valence-electron chi connectivity index (χ0n) is 18.2. The monoisotopic (exact) mass is 429 g/mol. The maximum Gasteiger partial charge on any atom is 0.406 e. The average molecular weight is 430 g/mol. The quantitative estimate of drug-likeness (QED) is 0.622. The standard InChI is InChI=1S/C22H31N5O4/c1-15(27(16-6-7-16)21(28)19-13-23-10-12-31-19)18-14-26(11-4-9-25-22(29)30-2)20-17(18)5-3-8-24-20/h3,5,8,14-16,19,23H,4,6-7,9-13H2,1-2H3,(H,25,29)/t15-,19-/m1/s1. The lowest BCUT2D eigenvalue weighted by atomic mass is 10.1. The number of hydrogen-bond acceptors (Lipinski definition) is 6. The predicted octanol–water partition coefficient (Wildman–Crippen LogP) is 1.82. The molecule has 1 saturated heterocycles. The Morgan fingerprint density at radius 2 is 2.29 bits per heavy atom. The van der Waals surface area contributed by atoms with Gasteiger partial charge in [-0.3, -0.25) is 4.79 Å². The van der Waals surface area contributed by atoms with E-state index in [2.05, 4.69) is 44.1 Å². The maximum atomic E-state index is 13.3. The van der Waals surface area contributed by atoms with E-state index < -0.39 is 12.2 Å². The van der Waals surface area contributed by atoms with E-state index in [1.54, 1.807) is 6.20 Å². The molecule has 0 radical (unpaired) electrons. The lowest BCUT2D eigenvalue weighted by Gasteiger charge is -2.34. The van der Waals surface area contributed by atoms with Crippen LogP contribution >= 0.6 is 0 Å². The van der Waals surface area contributed by atoms with E-state index in [9.17, 15) is 9.59 Å². The normalized spacial score (nSPS) is 19.7. The first-order valence-corrected chi connectivity index (χ1v) is 11.0. The van der Waals surface area contributed by atoms with Crippen LogP contribution in [0.5, 0.6) is 0 Å². The molecule has 168 valence electrons. The number of amides is 2. The Kier molecular flexibility index (Phi) is 6.72. The van der Waals surface area contributed by atoms with Gasteiger partial charge in [-0.15, -0.1) is 0 Å². The van der Waals surface area contributed by atoms with Gasteiger partial charge in [0, 0.05) is 55.6 Å². The number of methoxy groups -OCH3 is 1. The van der Waals surface area contributed by atoms with Gasteiger partial charge < -0.3 is 29.6 Å². The summed E-state index contributed by atoms with van der Waals surface area (Å²) in [7, 11) is 1.35. The number of morpholine rings is 1. The predicted molar refractivity (Wildman–Crippen MR) is 116 cm³/mol. The number of carbonyl (C=O) groups excluding carboxylic acids is 2. The highest BCUT2D eigenvalue weighted by Crippen LogP contribution is 2.37. The van der Waals surface area contributed by atoms with Gasteiger partial charge in [-0.05, 0) is 38.3 Å². The fraction of sp³-hybridized carbons (Fsp3) is 0.591. The average Bonchev–Trinajstić information content (AvgIpc) is 3.57. The Bertz CT molecular complexity index is 920. The molecule has 4 rings (SSSR count). The van der Waals surface area contributed by atoms with Crippen molar-refractivity contribution in [2.24, 2.45) is 0 Å². The van der Waals surface area contributed by atoms with Crippen molar-refractivity contribution in [2.75, 3.05) is 33.4 Å². The highest BCUT2D eigenvalue weighted by atomic mass is 16.5. The van der Waals surface area contributed by atoms with Crippen LogP contribution in [0.3, 0.4) is 0 Å². The first-order chi connectivity index (χ1) is 15.1. The van der Waals surface area contributed by atoms with Gasteiger partial charge in [0.2, 0.25) is 0 Å². The van der Waals surface area contributed by atoms with E-state index in [0.29, 0.717) is 26.2 Å². The van der Waals surface area contributed by atoms with Gasteiger partial charge >= 0.3 is 6.09 Å². The fourth-order valence-electron chi connectivity index (χ4n) is 4.25. The largest absolute Gasteiger partial charge is 0.453 e. The minimum absolute atomic E-state index is 0.0641. The molecule has 0 aromatic carbocycles. The van der Waals surface area contributed by atoms with Crippen molar-refractivity contribution >= 4 is 23.0 Å². The topological polar surface area (TPSA) is 97.7 Å². The number of nitrogens with zero attached hydrogens (tertiary/aromatic N) is 3. The minimum atomic E-state index is -0.428. The van der Waals surface area contributed by atoms with Gasteiger partial charge in [0.05, 0.1) is 19.8 Å². The smallest absolute Gasteiger partial charge is 0.406 e. The summed E-state index contributed by atoms with van der Waals surface area (Å²) in [6.07, 6.45) is 5.85. The molecule has 2 aromatic heterocycles. The molecule has 31 heavy (non-hydrogen) atoms. The van der Waals surface area contributed by atoms with Gasteiger partial charge in [-0.2, -0.15) is 0 Å². The van der Waals surface area contributed by atoms with Gasteiger partial charge in [-0.1, -0.05) is 0 Å². The van der Waals surface area contributed by atoms with Crippen LogP contribution in [0, 0.1) is 0 Å². The lowest BCUT2D eigenvalue weighted by Crippen LogP contribution is -2.50. The molecule has 0 bridgehead atoms. The second kappa shape index (κ2) is 9.65. The maximum absolute atomic E-state index is 13.3. The summed E-state index contributed by atoms with van der Waals surface area (Å²) in [5.74, 6) is 0.0641. The number of aryl methyl sites for hydroxylation is 1. The second-order valence-corrected chi connectivity index (χ2v) is 8.14. The molecule has 0 spiro atoms. The van der Waals surface area contributed by atoms with E-state index in [-0.39, 0.29) is 18.0 Å². The molecule has 2 aliphatic rings.